The molecule has 1 unspecified atom stereocenters. The maximum Gasteiger partial charge on any atom is 0.234 e. The molecule has 1 aromatic rings. The molecule has 2 rings (SSSR count). The Morgan fingerprint density at radius 2 is 2.29 bits per heavy atom. The number of hydrogen-bond acceptors (Lipinski definition) is 2. The van der Waals surface area contributed by atoms with Crippen LogP contribution >= 0.6 is 15.9 Å². The van der Waals surface area contributed by atoms with Gasteiger partial charge in [0.2, 0.25) is 5.91 Å². The van der Waals surface area contributed by atoms with E-state index in [-0.39, 0.29) is 11.9 Å². The minimum absolute atomic E-state index is 0.0660. The number of halogens is 1. The van der Waals surface area contributed by atoms with Crippen molar-refractivity contribution in [3.63, 3.8) is 0 Å². The molecule has 0 saturated carbocycles. The standard InChI is InChI=1S/C10H11BrN2O/c11-8-3-1-2-7(4-8)9-5-13-10(14)6-12-9/h1-4,9,12H,5-6H2,(H,13,14). The first-order valence-corrected chi connectivity index (χ1v) is 5.30. The highest BCUT2D eigenvalue weighted by molar-refractivity contribution is 9.10. The van der Waals surface area contributed by atoms with Crippen LogP contribution in [0.25, 0.3) is 0 Å². The summed E-state index contributed by atoms with van der Waals surface area (Å²) in [5, 5.41) is 6.01. The zero-order valence-electron chi connectivity index (χ0n) is 7.59. The smallest absolute Gasteiger partial charge is 0.234 e. The highest BCUT2D eigenvalue weighted by atomic mass is 79.9. The Bertz CT molecular complexity index is 344. The van der Waals surface area contributed by atoms with E-state index in [0.717, 1.165) is 4.47 Å². The van der Waals surface area contributed by atoms with Crippen molar-refractivity contribution in [2.75, 3.05) is 13.1 Å². The van der Waals surface area contributed by atoms with Crippen LogP contribution in [0.4, 0.5) is 0 Å². The van der Waals surface area contributed by atoms with Crippen LogP contribution in [0, 0.1) is 0 Å². The lowest BCUT2D eigenvalue weighted by atomic mass is 10.1. The third-order valence-corrected chi connectivity index (χ3v) is 2.76. The van der Waals surface area contributed by atoms with Gasteiger partial charge in [0.1, 0.15) is 0 Å². The van der Waals surface area contributed by atoms with E-state index in [4.69, 9.17) is 0 Å². The normalized spacial score (nSPS) is 21.8. The summed E-state index contributed by atoms with van der Waals surface area (Å²) in [4.78, 5) is 10.9. The van der Waals surface area contributed by atoms with E-state index in [1.807, 2.05) is 12.1 Å². The maximum atomic E-state index is 10.9. The third kappa shape index (κ3) is 2.13. The highest BCUT2D eigenvalue weighted by Gasteiger charge is 2.18. The predicted molar refractivity (Wildman–Crippen MR) is 57.9 cm³/mol. The van der Waals surface area contributed by atoms with Gasteiger partial charge in [-0.25, -0.2) is 0 Å². The van der Waals surface area contributed by atoms with Crippen LogP contribution in [0.5, 0.6) is 0 Å². The number of carbonyl (C=O) groups is 1. The highest BCUT2D eigenvalue weighted by Crippen LogP contribution is 2.18. The Hall–Kier alpha value is -0.870. The van der Waals surface area contributed by atoms with Gasteiger partial charge in [-0.2, -0.15) is 0 Å². The Morgan fingerprint density at radius 3 is 2.93 bits per heavy atom. The van der Waals surface area contributed by atoms with Crippen molar-refractivity contribution in [2.45, 2.75) is 6.04 Å². The SMILES string of the molecule is O=C1CNC(c2cccc(Br)c2)CN1. The van der Waals surface area contributed by atoms with E-state index in [2.05, 4.69) is 38.7 Å². The molecule has 0 aliphatic carbocycles. The first-order chi connectivity index (χ1) is 6.75. The molecule has 14 heavy (non-hydrogen) atoms. The molecule has 3 nitrogen and oxygen atoms in total. The summed E-state index contributed by atoms with van der Waals surface area (Å²) in [5.74, 6) is 0.0660. The Kier molecular flexibility index (Phi) is 2.84. The van der Waals surface area contributed by atoms with E-state index in [1.165, 1.54) is 5.56 Å². The number of carbonyl (C=O) groups excluding carboxylic acids is 1. The van der Waals surface area contributed by atoms with Crippen molar-refractivity contribution in [1.29, 1.82) is 0 Å². The Morgan fingerprint density at radius 1 is 1.43 bits per heavy atom. The van der Waals surface area contributed by atoms with Gasteiger partial charge in [-0.1, -0.05) is 28.1 Å². The van der Waals surface area contributed by atoms with Gasteiger partial charge in [-0.3, -0.25) is 10.1 Å². The zero-order valence-corrected chi connectivity index (χ0v) is 9.17. The summed E-state index contributed by atoms with van der Waals surface area (Å²) in [6.45, 7) is 1.06. The molecule has 1 amide bonds. The van der Waals surface area contributed by atoms with Crippen LogP contribution in [0.3, 0.4) is 0 Å². The molecule has 1 saturated heterocycles. The van der Waals surface area contributed by atoms with Gasteiger partial charge >= 0.3 is 0 Å². The van der Waals surface area contributed by atoms with Crippen molar-refractivity contribution in [2.24, 2.45) is 0 Å². The minimum Gasteiger partial charge on any atom is -0.353 e. The molecule has 0 radical (unpaired) electrons. The summed E-state index contributed by atoms with van der Waals surface area (Å²) in [7, 11) is 0. The molecule has 0 bridgehead atoms. The fraction of sp³-hybridized carbons (Fsp3) is 0.300. The summed E-state index contributed by atoms with van der Waals surface area (Å²) in [5.41, 5.74) is 1.19. The molecule has 1 aromatic carbocycles. The molecule has 1 aliphatic heterocycles. The molecule has 2 N–H and O–H groups in total. The maximum absolute atomic E-state index is 10.9. The van der Waals surface area contributed by atoms with Crippen LogP contribution < -0.4 is 10.6 Å². The van der Waals surface area contributed by atoms with Gasteiger partial charge in [-0.05, 0) is 17.7 Å². The predicted octanol–water partition coefficient (Wildman–Crippen LogP) is 1.21. The van der Waals surface area contributed by atoms with Gasteiger partial charge in [-0.15, -0.1) is 0 Å². The van der Waals surface area contributed by atoms with E-state index in [1.54, 1.807) is 0 Å². The molecule has 1 fully saturated rings. The molecule has 4 heteroatoms. The molecule has 74 valence electrons. The van der Waals surface area contributed by atoms with E-state index in [9.17, 15) is 4.79 Å². The van der Waals surface area contributed by atoms with Crippen LogP contribution in [-0.4, -0.2) is 19.0 Å². The Labute approximate surface area is 91.0 Å². The van der Waals surface area contributed by atoms with E-state index in [0.29, 0.717) is 13.1 Å². The monoisotopic (exact) mass is 254 g/mol. The molecule has 0 spiro atoms. The average Bonchev–Trinajstić information content (AvgIpc) is 2.19. The summed E-state index contributed by atoms with van der Waals surface area (Å²) < 4.78 is 1.06. The lowest BCUT2D eigenvalue weighted by Crippen LogP contribution is -2.46. The zero-order chi connectivity index (χ0) is 9.97. The van der Waals surface area contributed by atoms with Crippen LogP contribution in [0.1, 0.15) is 11.6 Å². The molecule has 0 aromatic heterocycles. The quantitative estimate of drug-likeness (QED) is 0.792. The first-order valence-electron chi connectivity index (χ1n) is 4.51. The average molecular weight is 255 g/mol. The number of piperazine rings is 1. The molecule has 1 atom stereocenters. The third-order valence-electron chi connectivity index (χ3n) is 2.26. The van der Waals surface area contributed by atoms with Gasteiger partial charge in [0.25, 0.3) is 0 Å². The second-order valence-electron chi connectivity index (χ2n) is 3.29. The van der Waals surface area contributed by atoms with Gasteiger partial charge in [0.15, 0.2) is 0 Å². The van der Waals surface area contributed by atoms with Gasteiger partial charge in [0.05, 0.1) is 12.6 Å². The van der Waals surface area contributed by atoms with E-state index < -0.39 is 0 Å². The van der Waals surface area contributed by atoms with Crippen molar-refractivity contribution in [1.82, 2.24) is 10.6 Å². The molecule has 1 heterocycles. The number of rotatable bonds is 1. The van der Waals surface area contributed by atoms with Crippen molar-refractivity contribution >= 4 is 21.8 Å². The molecule has 1 aliphatic rings. The fourth-order valence-electron chi connectivity index (χ4n) is 1.53. The Balaban J connectivity index is 2.12. The largest absolute Gasteiger partial charge is 0.353 e. The lowest BCUT2D eigenvalue weighted by Gasteiger charge is -2.24. The number of benzene rings is 1. The minimum atomic E-state index is 0.0660. The molecular weight excluding hydrogens is 244 g/mol. The molecular formula is C10H11BrN2O. The van der Waals surface area contributed by atoms with E-state index >= 15 is 0 Å². The van der Waals surface area contributed by atoms with Gasteiger partial charge < -0.3 is 5.32 Å². The topological polar surface area (TPSA) is 41.1 Å². The number of nitrogens with one attached hydrogen (secondary N) is 2. The first kappa shape index (κ1) is 9.68. The van der Waals surface area contributed by atoms with Crippen LogP contribution in [0.15, 0.2) is 28.7 Å². The summed E-state index contributed by atoms with van der Waals surface area (Å²) >= 11 is 3.43. The summed E-state index contributed by atoms with van der Waals surface area (Å²) in [6, 6.07) is 8.34. The van der Waals surface area contributed by atoms with Gasteiger partial charge in [0, 0.05) is 11.0 Å². The van der Waals surface area contributed by atoms with Crippen LogP contribution in [-0.2, 0) is 4.79 Å². The van der Waals surface area contributed by atoms with Crippen molar-refractivity contribution in [3.05, 3.63) is 34.3 Å². The lowest BCUT2D eigenvalue weighted by molar-refractivity contribution is -0.121. The van der Waals surface area contributed by atoms with Crippen LogP contribution in [0.2, 0.25) is 0 Å². The van der Waals surface area contributed by atoms with Crippen molar-refractivity contribution < 1.29 is 4.79 Å². The summed E-state index contributed by atoms with van der Waals surface area (Å²) in [6.07, 6.45) is 0. The second-order valence-corrected chi connectivity index (χ2v) is 4.21. The second kappa shape index (κ2) is 4.11. The number of hydrogen-bond donors (Lipinski definition) is 2. The fourth-order valence-corrected chi connectivity index (χ4v) is 1.94. The van der Waals surface area contributed by atoms with Crippen molar-refractivity contribution in [3.8, 4) is 0 Å². The number of amides is 1.